The molecule has 0 aliphatic heterocycles. The molecule has 0 aromatic rings. The van der Waals surface area contributed by atoms with Crippen molar-refractivity contribution in [2.75, 3.05) is 0 Å². The van der Waals surface area contributed by atoms with Gasteiger partial charge in [-0.05, 0) is 0 Å². The minimum atomic E-state index is -0.632. The molecule has 0 aromatic carbocycles. The van der Waals surface area contributed by atoms with Crippen molar-refractivity contribution in [1.82, 2.24) is 0 Å². The van der Waals surface area contributed by atoms with Crippen LogP contribution in [-0.2, 0) is 23.2 Å². The molecule has 0 aromatic heterocycles. The van der Waals surface area contributed by atoms with E-state index in [1.54, 1.807) is 0 Å². The second kappa shape index (κ2) is 13.1. The Hall–Kier alpha value is -0.157. The summed E-state index contributed by atoms with van der Waals surface area (Å²) in [6, 6.07) is 0. The molecule has 0 saturated carbocycles. The van der Waals surface area contributed by atoms with Crippen LogP contribution in [0.25, 0.3) is 0 Å². The van der Waals surface area contributed by atoms with Crippen molar-refractivity contribution in [2.24, 2.45) is 0 Å². The number of unbranched alkanes of at least 4 members (excludes halogenated alkanes) is 10. The van der Waals surface area contributed by atoms with Gasteiger partial charge in [-0.3, -0.25) is 0 Å². The monoisotopic (exact) mass is 444 g/mol. The summed E-state index contributed by atoms with van der Waals surface area (Å²) >= 11 is -0.632. The van der Waals surface area contributed by atoms with E-state index in [0.717, 1.165) is 0 Å². The van der Waals surface area contributed by atoms with Crippen LogP contribution in [0.1, 0.15) is 104 Å². The van der Waals surface area contributed by atoms with Gasteiger partial charge in [-0.15, -0.1) is 0 Å². The van der Waals surface area contributed by atoms with E-state index in [1.165, 1.54) is 89.9 Å². The number of allylic oxidation sites excluding steroid dienone is 8. The summed E-state index contributed by atoms with van der Waals surface area (Å²) in [5, 5.41) is 0. The molecule has 0 saturated heterocycles. The fourth-order valence-corrected chi connectivity index (χ4v) is 9.85. The van der Waals surface area contributed by atoms with E-state index in [2.05, 4.69) is 62.5 Å². The van der Waals surface area contributed by atoms with E-state index >= 15 is 0 Å². The quantitative estimate of drug-likeness (QED) is 0.208. The summed E-state index contributed by atoms with van der Waals surface area (Å²) in [6.07, 6.45) is 39.4. The van der Waals surface area contributed by atoms with Crippen molar-refractivity contribution in [3.63, 3.8) is 0 Å². The Bertz CT molecular complexity index is 438. The number of hydrogen-bond acceptors (Lipinski definition) is 0. The molecule has 27 heavy (non-hydrogen) atoms. The molecule has 0 N–H and O–H groups in total. The Labute approximate surface area is 181 Å². The van der Waals surface area contributed by atoms with Crippen LogP contribution in [0.15, 0.2) is 48.6 Å². The summed E-state index contributed by atoms with van der Waals surface area (Å²) in [5.41, 5.74) is 0. The van der Waals surface area contributed by atoms with Crippen molar-refractivity contribution in [3.05, 3.63) is 48.6 Å². The molecule has 0 fully saturated rings. The van der Waals surface area contributed by atoms with Crippen molar-refractivity contribution >= 4 is 0 Å². The van der Waals surface area contributed by atoms with Crippen LogP contribution in [-0.4, -0.2) is 0 Å². The Kier molecular flexibility index (Phi) is 11.3. The average molecular weight is 446 g/mol. The third-order valence-corrected chi connectivity index (χ3v) is 11.3. The fraction of sp³-hybridized carbons (Fsp3) is 0.692. The van der Waals surface area contributed by atoms with Gasteiger partial charge < -0.3 is 0 Å². The van der Waals surface area contributed by atoms with Crippen LogP contribution in [0.5, 0.6) is 0 Å². The second-order valence-corrected chi connectivity index (χ2v) is 13.9. The second-order valence-electron chi connectivity index (χ2n) is 8.68. The molecular weight excluding hydrogens is 404 g/mol. The van der Waals surface area contributed by atoms with Gasteiger partial charge in [-0.25, -0.2) is 0 Å². The third kappa shape index (κ3) is 8.39. The normalized spacial score (nSPS) is 18.6. The van der Waals surface area contributed by atoms with Crippen LogP contribution >= 0.6 is 0 Å². The first-order chi connectivity index (χ1) is 13.2. The fourth-order valence-electron chi connectivity index (χ4n) is 4.47. The van der Waals surface area contributed by atoms with Crippen molar-refractivity contribution in [2.45, 2.75) is 110 Å². The Balaban J connectivity index is 1.82. The molecular formula is C26H42Zr. The Morgan fingerprint density at radius 1 is 0.481 bits per heavy atom. The van der Waals surface area contributed by atoms with Gasteiger partial charge in [0.25, 0.3) is 0 Å². The van der Waals surface area contributed by atoms with Crippen LogP contribution in [0.4, 0.5) is 0 Å². The summed E-state index contributed by atoms with van der Waals surface area (Å²) in [7, 11) is 0. The summed E-state index contributed by atoms with van der Waals surface area (Å²) in [4.78, 5) is 0. The zero-order valence-corrected chi connectivity index (χ0v) is 20.5. The molecule has 0 spiro atoms. The zero-order chi connectivity index (χ0) is 19.3. The van der Waals surface area contributed by atoms with Crippen molar-refractivity contribution in [3.8, 4) is 0 Å². The molecule has 0 unspecified atom stereocenters. The molecule has 0 atom stereocenters. The summed E-state index contributed by atoms with van der Waals surface area (Å²) in [5.74, 6) is 0. The summed E-state index contributed by atoms with van der Waals surface area (Å²) in [6.45, 7) is 4.61. The molecule has 1 heteroatoms. The Morgan fingerprint density at radius 2 is 0.815 bits per heavy atom. The maximum absolute atomic E-state index is 2.58. The Morgan fingerprint density at radius 3 is 1.19 bits per heavy atom. The molecule has 150 valence electrons. The van der Waals surface area contributed by atoms with Crippen LogP contribution in [0.3, 0.4) is 0 Å². The van der Waals surface area contributed by atoms with Crippen molar-refractivity contribution in [1.29, 1.82) is 0 Å². The van der Waals surface area contributed by atoms with Gasteiger partial charge in [-0.2, -0.15) is 0 Å². The average Bonchev–Trinajstić information content (AvgIpc) is 3.32. The van der Waals surface area contributed by atoms with Gasteiger partial charge in [0.1, 0.15) is 0 Å². The van der Waals surface area contributed by atoms with Gasteiger partial charge in [-0.1, -0.05) is 0 Å². The van der Waals surface area contributed by atoms with Crippen LogP contribution in [0.2, 0.25) is 6.25 Å². The molecule has 0 radical (unpaired) electrons. The van der Waals surface area contributed by atoms with Crippen LogP contribution < -0.4 is 0 Å². The molecule has 0 heterocycles. The van der Waals surface area contributed by atoms with Gasteiger partial charge in [0.05, 0.1) is 0 Å². The minimum absolute atomic E-state index is 0.468. The SMILES string of the molecule is CCCCCCCC[C]1([Zr][C]2(CCCCCCCC)C=CC=C2)C=CC=C1. The molecule has 0 amide bonds. The summed E-state index contributed by atoms with van der Waals surface area (Å²) < 4.78 is 0.935. The van der Waals surface area contributed by atoms with Gasteiger partial charge in [0.2, 0.25) is 0 Å². The maximum atomic E-state index is 2.58. The first kappa shape index (κ1) is 23.1. The van der Waals surface area contributed by atoms with E-state index in [1.807, 2.05) is 0 Å². The van der Waals surface area contributed by atoms with E-state index in [-0.39, 0.29) is 0 Å². The van der Waals surface area contributed by atoms with Gasteiger partial charge >= 0.3 is 182 Å². The number of hydrogen-bond donors (Lipinski definition) is 0. The molecule has 0 nitrogen and oxygen atoms in total. The van der Waals surface area contributed by atoms with Gasteiger partial charge in [0.15, 0.2) is 0 Å². The molecule has 0 bridgehead atoms. The van der Waals surface area contributed by atoms with E-state index in [0.29, 0.717) is 6.25 Å². The van der Waals surface area contributed by atoms with E-state index in [9.17, 15) is 0 Å². The molecule has 2 aliphatic carbocycles. The standard InChI is InChI=1S/2C13H21.Zr/c2*1-2-3-4-5-6-7-10-13-11-8-9-12-13;/h2*8-9,11-12H,2-7,10H2,1H3;. The first-order valence-electron chi connectivity index (χ1n) is 11.8. The number of rotatable bonds is 16. The molecule has 2 aliphatic rings. The van der Waals surface area contributed by atoms with E-state index in [4.69, 9.17) is 0 Å². The predicted octanol–water partition coefficient (Wildman–Crippen LogP) is 9.14. The third-order valence-electron chi connectivity index (χ3n) is 6.15. The zero-order valence-electron chi connectivity index (χ0n) is 18.0. The topological polar surface area (TPSA) is 0 Å². The predicted molar refractivity (Wildman–Crippen MR) is 118 cm³/mol. The van der Waals surface area contributed by atoms with Crippen molar-refractivity contribution < 1.29 is 23.2 Å². The first-order valence-corrected chi connectivity index (χ1v) is 14.2. The van der Waals surface area contributed by atoms with Crippen LogP contribution in [0, 0.1) is 0 Å². The van der Waals surface area contributed by atoms with Gasteiger partial charge in [0, 0.05) is 0 Å². The van der Waals surface area contributed by atoms with E-state index < -0.39 is 23.2 Å². The molecule has 2 rings (SSSR count).